The Bertz CT molecular complexity index is 817. The van der Waals surface area contributed by atoms with Gasteiger partial charge in [0.1, 0.15) is 0 Å². The van der Waals surface area contributed by atoms with Gasteiger partial charge >= 0.3 is 18.1 Å². The van der Waals surface area contributed by atoms with E-state index < -0.39 is 12.1 Å². The largest absolute Gasteiger partial charge is 0.470 e. The lowest BCUT2D eigenvalue weighted by atomic mass is 9.87. The molecule has 1 N–H and O–H groups in total. The van der Waals surface area contributed by atoms with Crippen molar-refractivity contribution in [1.82, 2.24) is 15.1 Å². The molecule has 1 aliphatic heterocycles. The molecule has 152 valence electrons. The first-order valence-corrected chi connectivity index (χ1v) is 9.11. The van der Waals surface area contributed by atoms with E-state index >= 15 is 0 Å². The van der Waals surface area contributed by atoms with Gasteiger partial charge in [-0.25, -0.2) is 4.79 Å². The predicted molar refractivity (Wildman–Crippen MR) is 97.0 cm³/mol. The molecule has 6 nitrogen and oxygen atoms in total. The molecular formula is C19H23F3N4O2. The molecule has 9 heteroatoms. The number of nitrogens with zero attached hydrogens (tertiary/aromatic N) is 3. The monoisotopic (exact) mass is 396 g/mol. The van der Waals surface area contributed by atoms with Gasteiger partial charge in [-0.1, -0.05) is 32.9 Å². The highest BCUT2D eigenvalue weighted by molar-refractivity contribution is 5.89. The maximum Gasteiger partial charge on any atom is 0.470 e. The molecule has 0 atom stereocenters. The van der Waals surface area contributed by atoms with E-state index in [1.165, 1.54) is 5.56 Å². The van der Waals surface area contributed by atoms with Gasteiger partial charge in [0.25, 0.3) is 0 Å². The average Bonchev–Trinajstić information content (AvgIpc) is 3.12. The normalized spacial score (nSPS) is 16.3. The van der Waals surface area contributed by atoms with Gasteiger partial charge in [0.15, 0.2) is 0 Å². The number of aromatic nitrogens is 2. The minimum absolute atomic E-state index is 0.0230. The molecule has 28 heavy (non-hydrogen) atoms. The number of hydrogen-bond acceptors (Lipinski definition) is 4. The zero-order valence-corrected chi connectivity index (χ0v) is 16.0. The summed E-state index contributed by atoms with van der Waals surface area (Å²) in [5.41, 5.74) is 1.90. The molecule has 1 aromatic heterocycles. The summed E-state index contributed by atoms with van der Waals surface area (Å²) in [7, 11) is 0. The summed E-state index contributed by atoms with van der Waals surface area (Å²) in [5, 5.41) is 9.43. The van der Waals surface area contributed by atoms with Crippen LogP contribution >= 0.6 is 0 Å². The Balaban J connectivity index is 1.54. The molecule has 2 aromatic rings. The molecule has 0 bridgehead atoms. The van der Waals surface area contributed by atoms with Crippen molar-refractivity contribution in [3.8, 4) is 0 Å². The Morgan fingerprint density at radius 3 is 2.21 bits per heavy atom. The van der Waals surface area contributed by atoms with E-state index in [-0.39, 0.29) is 23.3 Å². The SMILES string of the molecule is CC(C)(C)c1ccc(NC(=O)N2CCC(c3nnc(C(F)(F)F)o3)CC2)cc1. The fourth-order valence-electron chi connectivity index (χ4n) is 3.10. The highest BCUT2D eigenvalue weighted by atomic mass is 19.4. The number of piperidine rings is 1. The van der Waals surface area contributed by atoms with E-state index in [9.17, 15) is 18.0 Å². The van der Waals surface area contributed by atoms with Crippen molar-refractivity contribution >= 4 is 11.7 Å². The molecule has 3 rings (SSSR count). The zero-order chi connectivity index (χ0) is 20.5. The summed E-state index contributed by atoms with van der Waals surface area (Å²) in [6.07, 6.45) is -3.71. The maximum absolute atomic E-state index is 12.6. The smallest absolute Gasteiger partial charge is 0.417 e. The summed E-state index contributed by atoms with van der Waals surface area (Å²) in [5.74, 6) is -1.63. The Hall–Kier alpha value is -2.58. The predicted octanol–water partition coefficient (Wildman–Crippen LogP) is 4.80. The first-order valence-electron chi connectivity index (χ1n) is 9.11. The molecule has 1 aliphatic rings. The van der Waals surface area contributed by atoms with Crippen molar-refractivity contribution < 1.29 is 22.4 Å². The van der Waals surface area contributed by atoms with Gasteiger partial charge in [-0.05, 0) is 36.0 Å². The fraction of sp³-hybridized carbons (Fsp3) is 0.526. The number of carbonyl (C=O) groups excluding carboxylic acids is 1. The minimum Gasteiger partial charge on any atom is -0.417 e. The number of alkyl halides is 3. The molecule has 1 saturated heterocycles. The van der Waals surface area contributed by atoms with Crippen LogP contribution in [0.15, 0.2) is 28.7 Å². The van der Waals surface area contributed by atoms with Crippen molar-refractivity contribution in [3.05, 3.63) is 41.6 Å². The molecule has 0 radical (unpaired) electrons. The third-order valence-electron chi connectivity index (χ3n) is 4.82. The lowest BCUT2D eigenvalue weighted by molar-refractivity contribution is -0.157. The first-order chi connectivity index (χ1) is 13.0. The van der Waals surface area contributed by atoms with Gasteiger partial charge in [0.2, 0.25) is 5.89 Å². The topological polar surface area (TPSA) is 71.3 Å². The molecular weight excluding hydrogens is 373 g/mol. The van der Waals surface area contributed by atoms with Gasteiger partial charge in [0, 0.05) is 24.7 Å². The van der Waals surface area contributed by atoms with Crippen LogP contribution in [0.3, 0.4) is 0 Å². The summed E-state index contributed by atoms with van der Waals surface area (Å²) in [4.78, 5) is 14.1. The number of carbonyl (C=O) groups is 1. The van der Waals surface area contributed by atoms with Crippen molar-refractivity contribution in [2.75, 3.05) is 18.4 Å². The van der Waals surface area contributed by atoms with Crippen LogP contribution in [0.25, 0.3) is 0 Å². The lowest BCUT2D eigenvalue weighted by Gasteiger charge is -2.30. The highest BCUT2D eigenvalue weighted by Gasteiger charge is 2.39. The van der Waals surface area contributed by atoms with Crippen molar-refractivity contribution in [2.24, 2.45) is 0 Å². The van der Waals surface area contributed by atoms with E-state index in [4.69, 9.17) is 4.42 Å². The number of likely N-dealkylation sites (tertiary alicyclic amines) is 1. The number of amides is 2. The van der Waals surface area contributed by atoms with Gasteiger partial charge < -0.3 is 14.6 Å². The molecule has 0 unspecified atom stereocenters. The lowest BCUT2D eigenvalue weighted by Crippen LogP contribution is -2.40. The van der Waals surface area contributed by atoms with Crippen LogP contribution in [0.2, 0.25) is 0 Å². The van der Waals surface area contributed by atoms with Crippen molar-refractivity contribution in [2.45, 2.75) is 51.1 Å². The number of halogens is 3. The molecule has 2 heterocycles. The molecule has 1 fully saturated rings. The van der Waals surface area contributed by atoms with E-state index in [0.717, 1.165) is 0 Å². The van der Waals surface area contributed by atoms with Crippen LogP contribution in [0.1, 0.15) is 56.9 Å². The first kappa shape index (κ1) is 20.2. The van der Waals surface area contributed by atoms with Gasteiger partial charge in [0.05, 0.1) is 0 Å². The Labute approximate surface area is 161 Å². The number of anilines is 1. The minimum atomic E-state index is -4.64. The quantitative estimate of drug-likeness (QED) is 0.792. The second-order valence-electron chi connectivity index (χ2n) is 7.96. The van der Waals surface area contributed by atoms with Crippen LogP contribution in [0.4, 0.5) is 23.7 Å². The second-order valence-corrected chi connectivity index (χ2v) is 7.96. The van der Waals surface area contributed by atoms with Crippen LogP contribution in [-0.4, -0.2) is 34.2 Å². The summed E-state index contributed by atoms with van der Waals surface area (Å²) in [6, 6.07) is 7.46. The number of nitrogens with one attached hydrogen (secondary N) is 1. The molecule has 0 aliphatic carbocycles. The van der Waals surface area contributed by atoms with E-state index in [0.29, 0.717) is 31.6 Å². The Kier molecular flexibility index (Phi) is 5.36. The second kappa shape index (κ2) is 7.44. The van der Waals surface area contributed by atoms with E-state index in [2.05, 4.69) is 36.3 Å². The fourth-order valence-corrected chi connectivity index (χ4v) is 3.10. The number of urea groups is 1. The molecule has 0 spiro atoms. The standard InChI is InChI=1S/C19H23F3N4O2/c1-18(2,3)13-4-6-14(7-5-13)23-17(27)26-10-8-12(9-11-26)15-24-25-16(28-15)19(20,21)22/h4-7,12H,8-11H2,1-3H3,(H,23,27). The van der Waals surface area contributed by atoms with Crippen molar-refractivity contribution in [3.63, 3.8) is 0 Å². The maximum atomic E-state index is 12.6. The summed E-state index contributed by atoms with van der Waals surface area (Å²) >= 11 is 0. The molecule has 0 saturated carbocycles. The Morgan fingerprint density at radius 1 is 1.11 bits per heavy atom. The van der Waals surface area contributed by atoms with E-state index in [1.807, 2.05) is 24.3 Å². The summed E-state index contributed by atoms with van der Waals surface area (Å²) in [6.45, 7) is 7.16. The van der Waals surface area contributed by atoms with Crippen molar-refractivity contribution in [1.29, 1.82) is 0 Å². The number of rotatable bonds is 2. The van der Waals surface area contributed by atoms with Crippen LogP contribution < -0.4 is 5.32 Å². The zero-order valence-electron chi connectivity index (χ0n) is 16.0. The van der Waals surface area contributed by atoms with Gasteiger partial charge in [-0.15, -0.1) is 10.2 Å². The molecule has 2 amide bonds. The van der Waals surface area contributed by atoms with E-state index in [1.54, 1.807) is 4.90 Å². The van der Waals surface area contributed by atoms with Crippen LogP contribution in [0, 0.1) is 0 Å². The number of benzene rings is 1. The number of hydrogen-bond donors (Lipinski definition) is 1. The van der Waals surface area contributed by atoms with Crippen LogP contribution in [0.5, 0.6) is 0 Å². The van der Waals surface area contributed by atoms with Crippen LogP contribution in [-0.2, 0) is 11.6 Å². The highest BCUT2D eigenvalue weighted by Crippen LogP contribution is 2.32. The molecule has 1 aromatic carbocycles. The average molecular weight is 396 g/mol. The summed E-state index contributed by atoms with van der Waals surface area (Å²) < 4.78 is 42.5. The van der Waals surface area contributed by atoms with Gasteiger partial charge in [-0.3, -0.25) is 0 Å². The Morgan fingerprint density at radius 2 is 1.71 bits per heavy atom. The third kappa shape index (κ3) is 4.63. The third-order valence-corrected chi connectivity index (χ3v) is 4.82. The van der Waals surface area contributed by atoms with Gasteiger partial charge in [-0.2, -0.15) is 13.2 Å².